The lowest BCUT2D eigenvalue weighted by Crippen LogP contribution is -2.22. The monoisotopic (exact) mass is 305 g/mol. The summed E-state index contributed by atoms with van der Waals surface area (Å²) >= 11 is 1.09. The maximum Gasteiger partial charge on any atom is 0.322 e. The van der Waals surface area contributed by atoms with Crippen LogP contribution in [0.2, 0.25) is 0 Å². The van der Waals surface area contributed by atoms with Crippen LogP contribution in [0.1, 0.15) is 0 Å². The van der Waals surface area contributed by atoms with Crippen molar-refractivity contribution in [3.63, 3.8) is 0 Å². The van der Waals surface area contributed by atoms with Crippen LogP contribution in [-0.4, -0.2) is 11.0 Å². The quantitative estimate of drug-likeness (QED) is 0.501. The zero-order chi connectivity index (χ0) is 15.2. The normalized spacial score (nSPS) is 9.90. The Balaban J connectivity index is 1.99. The maximum atomic E-state index is 10.6. The van der Waals surface area contributed by atoms with Gasteiger partial charge in [0.05, 0.1) is 4.92 Å². The van der Waals surface area contributed by atoms with Crippen molar-refractivity contribution in [3.8, 4) is 11.5 Å². The van der Waals surface area contributed by atoms with Gasteiger partial charge >= 0.3 is 6.03 Å². The molecule has 7 nitrogen and oxygen atoms in total. The van der Waals surface area contributed by atoms with Gasteiger partial charge in [0, 0.05) is 17.0 Å². The summed E-state index contributed by atoms with van der Waals surface area (Å²) in [6.45, 7) is 0. The molecule has 0 heterocycles. The number of nitrogens with two attached hydrogens (primary N) is 1. The first kappa shape index (κ1) is 14.7. The molecule has 2 amide bonds. The highest BCUT2D eigenvalue weighted by Gasteiger charge is 2.05. The summed E-state index contributed by atoms with van der Waals surface area (Å²) in [4.78, 5) is 21.4. The number of primary amides is 1. The predicted octanol–water partition coefficient (Wildman–Crippen LogP) is 3.06. The van der Waals surface area contributed by atoms with Crippen molar-refractivity contribution in [2.24, 2.45) is 5.73 Å². The molecule has 0 radical (unpaired) electrons. The molecule has 0 bridgehead atoms. The molecule has 0 saturated carbocycles. The first-order chi connectivity index (χ1) is 10.0. The Hall–Kier alpha value is -2.74. The van der Waals surface area contributed by atoms with Crippen molar-refractivity contribution in [2.45, 2.75) is 4.90 Å². The number of non-ortho nitro benzene ring substituents is 1. The molecule has 0 saturated heterocycles. The maximum absolute atomic E-state index is 10.6. The molecule has 21 heavy (non-hydrogen) atoms. The molecule has 0 aliphatic carbocycles. The molecule has 2 rings (SSSR count). The lowest BCUT2D eigenvalue weighted by atomic mass is 10.3. The zero-order valence-electron chi connectivity index (χ0n) is 10.7. The number of carbonyl (C=O) groups excluding carboxylic acids is 1. The average Bonchev–Trinajstić information content (AvgIpc) is 2.47. The van der Waals surface area contributed by atoms with Gasteiger partial charge in [0.2, 0.25) is 0 Å². The first-order valence-electron chi connectivity index (χ1n) is 5.79. The Morgan fingerprint density at radius 3 is 2.10 bits per heavy atom. The van der Waals surface area contributed by atoms with Crippen molar-refractivity contribution in [1.82, 2.24) is 4.72 Å². The molecular formula is C13H11N3O4S. The number of amides is 2. The van der Waals surface area contributed by atoms with Crippen LogP contribution in [0.5, 0.6) is 11.5 Å². The molecule has 2 aromatic rings. The minimum absolute atomic E-state index is 0.00613. The number of nitrogens with zero attached hydrogens (tertiary/aromatic N) is 1. The SMILES string of the molecule is NC(=O)NSc1ccc(Oc2ccc([N+](=O)[O-])cc2)cc1. The number of urea groups is 1. The summed E-state index contributed by atoms with van der Waals surface area (Å²) in [6, 6.07) is 12.1. The smallest absolute Gasteiger partial charge is 0.322 e. The molecule has 108 valence electrons. The molecular weight excluding hydrogens is 294 g/mol. The molecule has 3 N–H and O–H groups in total. The third-order valence-electron chi connectivity index (χ3n) is 2.38. The van der Waals surface area contributed by atoms with Gasteiger partial charge in [-0.05, 0) is 48.3 Å². The predicted molar refractivity (Wildman–Crippen MR) is 78.2 cm³/mol. The fraction of sp³-hybridized carbons (Fsp3) is 0. The lowest BCUT2D eigenvalue weighted by molar-refractivity contribution is -0.384. The number of benzene rings is 2. The first-order valence-corrected chi connectivity index (χ1v) is 6.61. The number of nitro benzene ring substituents is 1. The fourth-order valence-corrected chi connectivity index (χ4v) is 1.95. The van der Waals surface area contributed by atoms with Crippen LogP contribution in [0.15, 0.2) is 53.4 Å². The minimum atomic E-state index is -0.619. The fourth-order valence-electron chi connectivity index (χ4n) is 1.46. The molecule has 0 aliphatic heterocycles. The van der Waals surface area contributed by atoms with E-state index in [2.05, 4.69) is 4.72 Å². The van der Waals surface area contributed by atoms with E-state index in [4.69, 9.17) is 10.5 Å². The number of nitro groups is 1. The molecule has 0 atom stereocenters. The van der Waals surface area contributed by atoms with Crippen LogP contribution >= 0.6 is 11.9 Å². The van der Waals surface area contributed by atoms with E-state index in [1.54, 1.807) is 24.3 Å². The average molecular weight is 305 g/mol. The van der Waals surface area contributed by atoms with Gasteiger partial charge in [-0.3, -0.25) is 14.8 Å². The number of hydrogen-bond acceptors (Lipinski definition) is 5. The van der Waals surface area contributed by atoms with E-state index in [0.717, 1.165) is 16.8 Å². The Morgan fingerprint density at radius 1 is 1.10 bits per heavy atom. The van der Waals surface area contributed by atoms with Gasteiger partial charge < -0.3 is 10.5 Å². The molecule has 0 aromatic heterocycles. The third-order valence-corrected chi connectivity index (χ3v) is 3.19. The van der Waals surface area contributed by atoms with Crippen molar-refractivity contribution in [3.05, 3.63) is 58.6 Å². The highest BCUT2D eigenvalue weighted by atomic mass is 32.2. The molecule has 8 heteroatoms. The van der Waals surface area contributed by atoms with Crippen LogP contribution in [0, 0.1) is 10.1 Å². The van der Waals surface area contributed by atoms with Gasteiger partial charge in [-0.25, -0.2) is 4.79 Å². The van der Waals surface area contributed by atoms with E-state index in [0.29, 0.717) is 11.5 Å². The zero-order valence-corrected chi connectivity index (χ0v) is 11.5. The van der Waals surface area contributed by atoms with E-state index in [-0.39, 0.29) is 5.69 Å². The highest BCUT2D eigenvalue weighted by Crippen LogP contribution is 2.25. The second-order valence-electron chi connectivity index (χ2n) is 3.89. The van der Waals surface area contributed by atoms with Crippen molar-refractivity contribution >= 4 is 23.7 Å². The van der Waals surface area contributed by atoms with Gasteiger partial charge in [0.25, 0.3) is 5.69 Å². The number of ether oxygens (including phenoxy) is 1. The molecule has 0 aliphatic rings. The molecule has 0 spiro atoms. The van der Waals surface area contributed by atoms with E-state index in [1.807, 2.05) is 0 Å². The minimum Gasteiger partial charge on any atom is -0.457 e. The van der Waals surface area contributed by atoms with Crippen molar-refractivity contribution < 1.29 is 14.5 Å². The number of nitrogens with one attached hydrogen (secondary N) is 1. The second kappa shape index (κ2) is 6.62. The molecule has 2 aromatic carbocycles. The second-order valence-corrected chi connectivity index (χ2v) is 4.77. The van der Waals surface area contributed by atoms with Crippen LogP contribution in [0.4, 0.5) is 10.5 Å². The number of carbonyl (C=O) groups is 1. The number of rotatable bonds is 5. The number of hydrogen-bond donors (Lipinski definition) is 2. The topological polar surface area (TPSA) is 107 Å². The Morgan fingerprint density at radius 2 is 1.62 bits per heavy atom. The summed E-state index contributed by atoms with van der Waals surface area (Å²) in [5.74, 6) is 1.07. The summed E-state index contributed by atoms with van der Waals surface area (Å²) in [5.41, 5.74) is 4.97. The Labute approximate surface area is 124 Å². The summed E-state index contributed by atoms with van der Waals surface area (Å²) < 4.78 is 7.95. The van der Waals surface area contributed by atoms with Crippen LogP contribution < -0.4 is 15.2 Å². The largest absolute Gasteiger partial charge is 0.457 e. The third kappa shape index (κ3) is 4.39. The molecule has 0 fully saturated rings. The van der Waals surface area contributed by atoms with Gasteiger partial charge in [-0.2, -0.15) is 0 Å². The summed E-state index contributed by atoms with van der Waals surface area (Å²) in [7, 11) is 0. The van der Waals surface area contributed by atoms with Gasteiger partial charge in [-0.15, -0.1) is 0 Å². The standard InChI is InChI=1S/C13H11N3O4S/c14-13(17)15-21-12-7-5-11(6-8-12)20-10-3-1-9(2-4-10)16(18)19/h1-8H,(H3,14,15,17). The van der Waals surface area contributed by atoms with Crippen LogP contribution in [-0.2, 0) is 0 Å². The van der Waals surface area contributed by atoms with E-state index in [1.165, 1.54) is 24.3 Å². The van der Waals surface area contributed by atoms with Crippen molar-refractivity contribution in [2.75, 3.05) is 0 Å². The van der Waals surface area contributed by atoms with E-state index < -0.39 is 11.0 Å². The lowest BCUT2D eigenvalue weighted by Gasteiger charge is -2.06. The van der Waals surface area contributed by atoms with E-state index in [9.17, 15) is 14.9 Å². The molecule has 0 unspecified atom stereocenters. The van der Waals surface area contributed by atoms with Crippen LogP contribution in [0.25, 0.3) is 0 Å². The van der Waals surface area contributed by atoms with Crippen molar-refractivity contribution in [1.29, 1.82) is 0 Å². The van der Waals surface area contributed by atoms with Gasteiger partial charge in [0.1, 0.15) is 11.5 Å². The van der Waals surface area contributed by atoms with Crippen LogP contribution in [0.3, 0.4) is 0 Å². The highest BCUT2D eigenvalue weighted by molar-refractivity contribution is 7.98. The Bertz CT molecular complexity index is 643. The summed E-state index contributed by atoms with van der Waals surface area (Å²) in [6.07, 6.45) is 0. The Kier molecular flexibility index (Phi) is 4.62. The van der Waals surface area contributed by atoms with Gasteiger partial charge in [-0.1, -0.05) is 0 Å². The van der Waals surface area contributed by atoms with Gasteiger partial charge in [0.15, 0.2) is 0 Å². The summed E-state index contributed by atoms with van der Waals surface area (Å²) in [5, 5.41) is 10.5. The van der Waals surface area contributed by atoms with E-state index >= 15 is 0 Å².